The van der Waals surface area contributed by atoms with Crippen molar-refractivity contribution in [3.8, 4) is 17.2 Å². The van der Waals surface area contributed by atoms with Crippen molar-refractivity contribution in [3.05, 3.63) is 58.8 Å². The zero-order valence-electron chi connectivity index (χ0n) is 20.2. The third-order valence-electron chi connectivity index (χ3n) is 6.52. The highest BCUT2D eigenvalue weighted by molar-refractivity contribution is 6.07. The van der Waals surface area contributed by atoms with Gasteiger partial charge >= 0.3 is 0 Å². The Morgan fingerprint density at radius 2 is 1.52 bits per heavy atom. The number of methoxy groups -OCH3 is 3. The number of hydrogen-bond acceptors (Lipinski definition) is 5. The minimum Gasteiger partial charge on any atom is -0.493 e. The van der Waals surface area contributed by atoms with Crippen molar-refractivity contribution >= 4 is 17.4 Å². The fourth-order valence-corrected chi connectivity index (χ4v) is 5.00. The summed E-state index contributed by atoms with van der Waals surface area (Å²) in [5, 5.41) is 0. The van der Waals surface area contributed by atoms with Crippen LogP contribution in [0.3, 0.4) is 0 Å². The SMILES string of the molecule is COc1cc([C@H]2CC(=O)N(c3ccc(C)cc3)C3=C2C(=O)CC(C)(C)C3)cc(OC)c1OC. The molecule has 6 nitrogen and oxygen atoms in total. The molecular weight excluding hydrogens is 418 g/mol. The Balaban J connectivity index is 1.91. The lowest BCUT2D eigenvalue weighted by molar-refractivity contribution is -0.121. The number of allylic oxidation sites excluding steroid dienone is 2. The van der Waals surface area contributed by atoms with E-state index in [-0.39, 0.29) is 29.4 Å². The maximum absolute atomic E-state index is 13.6. The molecule has 1 aliphatic carbocycles. The fourth-order valence-electron chi connectivity index (χ4n) is 5.00. The highest BCUT2D eigenvalue weighted by Gasteiger charge is 2.44. The Morgan fingerprint density at radius 3 is 2.06 bits per heavy atom. The molecule has 0 spiro atoms. The van der Waals surface area contributed by atoms with Gasteiger partial charge in [0.05, 0.1) is 21.3 Å². The lowest BCUT2D eigenvalue weighted by Gasteiger charge is -2.43. The van der Waals surface area contributed by atoms with E-state index in [1.54, 1.807) is 26.2 Å². The zero-order valence-corrected chi connectivity index (χ0v) is 20.2. The van der Waals surface area contributed by atoms with Crippen LogP contribution in [-0.2, 0) is 9.59 Å². The van der Waals surface area contributed by atoms with Crippen molar-refractivity contribution in [1.29, 1.82) is 0 Å². The van der Waals surface area contributed by atoms with E-state index in [1.807, 2.05) is 43.3 Å². The number of hydrogen-bond donors (Lipinski definition) is 0. The summed E-state index contributed by atoms with van der Waals surface area (Å²) in [5.41, 5.74) is 4.01. The van der Waals surface area contributed by atoms with Crippen molar-refractivity contribution in [3.63, 3.8) is 0 Å². The van der Waals surface area contributed by atoms with Crippen LogP contribution in [0.4, 0.5) is 5.69 Å². The number of Topliss-reactive ketones (excluding diaryl/α,β-unsaturated/α-hetero) is 1. The molecule has 0 saturated carbocycles. The van der Waals surface area contributed by atoms with Gasteiger partial charge in [0.15, 0.2) is 17.3 Å². The maximum Gasteiger partial charge on any atom is 0.232 e. The van der Waals surface area contributed by atoms with Gasteiger partial charge in [-0.1, -0.05) is 31.5 Å². The Morgan fingerprint density at radius 1 is 0.909 bits per heavy atom. The van der Waals surface area contributed by atoms with Crippen molar-refractivity contribution in [2.45, 2.75) is 46.0 Å². The molecule has 4 rings (SSSR count). The maximum atomic E-state index is 13.6. The van der Waals surface area contributed by atoms with E-state index in [4.69, 9.17) is 14.2 Å². The normalized spacial score (nSPS) is 19.9. The second-order valence-electron chi connectivity index (χ2n) is 9.58. The third-order valence-corrected chi connectivity index (χ3v) is 6.52. The molecule has 0 fully saturated rings. The molecule has 1 aliphatic heterocycles. The summed E-state index contributed by atoms with van der Waals surface area (Å²) >= 11 is 0. The Hall–Kier alpha value is -3.28. The van der Waals surface area contributed by atoms with Crippen LogP contribution >= 0.6 is 0 Å². The summed E-state index contributed by atoms with van der Waals surface area (Å²) in [6.07, 6.45) is 1.29. The van der Waals surface area contributed by atoms with Gasteiger partial charge < -0.3 is 14.2 Å². The van der Waals surface area contributed by atoms with Crippen LogP contribution in [0.2, 0.25) is 0 Å². The van der Waals surface area contributed by atoms with E-state index in [9.17, 15) is 9.59 Å². The Kier molecular flexibility index (Phi) is 5.95. The van der Waals surface area contributed by atoms with Crippen LogP contribution in [0.25, 0.3) is 0 Å². The van der Waals surface area contributed by atoms with Gasteiger partial charge in [-0.15, -0.1) is 0 Å². The molecule has 0 N–H and O–H groups in total. The molecule has 2 aromatic rings. The first-order valence-electron chi connectivity index (χ1n) is 11.1. The number of carbonyl (C=O) groups is 2. The molecule has 0 aromatic heterocycles. The van der Waals surface area contributed by atoms with Gasteiger partial charge in [0.25, 0.3) is 0 Å². The predicted molar refractivity (Wildman–Crippen MR) is 127 cm³/mol. The standard InChI is InChI=1S/C27H31NO5/c1-16-7-9-18(10-8-16)28-20-14-27(2,3)15-21(29)25(20)19(13-24(28)30)17-11-22(31-4)26(33-6)23(12-17)32-5/h7-12,19H,13-15H2,1-6H3/t19-/m1/s1. The summed E-state index contributed by atoms with van der Waals surface area (Å²) < 4.78 is 16.5. The molecule has 1 amide bonds. The summed E-state index contributed by atoms with van der Waals surface area (Å²) in [6.45, 7) is 6.17. The number of carbonyl (C=O) groups excluding carboxylic acids is 2. The van der Waals surface area contributed by atoms with Gasteiger partial charge in [-0.2, -0.15) is 0 Å². The first-order chi connectivity index (χ1) is 15.7. The number of benzene rings is 2. The van der Waals surface area contributed by atoms with Crippen LogP contribution in [0.5, 0.6) is 17.2 Å². The molecule has 1 heterocycles. The monoisotopic (exact) mass is 449 g/mol. The summed E-state index contributed by atoms with van der Waals surface area (Å²) in [5.74, 6) is 1.19. The van der Waals surface area contributed by atoms with Crippen LogP contribution in [0.15, 0.2) is 47.7 Å². The smallest absolute Gasteiger partial charge is 0.232 e. The number of nitrogens with zero attached hydrogens (tertiary/aromatic N) is 1. The highest BCUT2D eigenvalue weighted by Crippen LogP contribution is 2.50. The number of aryl methyl sites for hydroxylation is 1. The fraction of sp³-hybridized carbons (Fsp3) is 0.407. The molecule has 33 heavy (non-hydrogen) atoms. The first kappa shape index (κ1) is 22.9. The van der Waals surface area contributed by atoms with E-state index in [2.05, 4.69) is 13.8 Å². The van der Waals surface area contributed by atoms with E-state index in [0.717, 1.165) is 22.5 Å². The van der Waals surface area contributed by atoms with Crippen LogP contribution in [0, 0.1) is 12.3 Å². The van der Waals surface area contributed by atoms with E-state index >= 15 is 0 Å². The molecule has 6 heteroatoms. The van der Waals surface area contributed by atoms with Gasteiger partial charge in [-0.3, -0.25) is 14.5 Å². The average Bonchev–Trinajstić information content (AvgIpc) is 2.77. The summed E-state index contributed by atoms with van der Waals surface area (Å²) in [7, 11) is 4.67. The van der Waals surface area contributed by atoms with Gasteiger partial charge in [-0.05, 0) is 48.6 Å². The van der Waals surface area contributed by atoms with Crippen molar-refractivity contribution in [2.75, 3.05) is 26.2 Å². The molecular formula is C27H31NO5. The Labute approximate surface area is 195 Å². The molecule has 2 aliphatic rings. The molecule has 0 unspecified atom stereocenters. The number of rotatable bonds is 5. The van der Waals surface area contributed by atoms with E-state index < -0.39 is 0 Å². The Bertz CT molecular complexity index is 1100. The average molecular weight is 450 g/mol. The van der Waals surface area contributed by atoms with Crippen LogP contribution in [0.1, 0.15) is 50.2 Å². The summed E-state index contributed by atoms with van der Waals surface area (Å²) in [6, 6.07) is 11.6. The van der Waals surface area contributed by atoms with E-state index in [1.165, 1.54) is 0 Å². The van der Waals surface area contributed by atoms with Gasteiger partial charge in [-0.25, -0.2) is 0 Å². The first-order valence-corrected chi connectivity index (χ1v) is 11.1. The summed E-state index contributed by atoms with van der Waals surface area (Å²) in [4.78, 5) is 28.8. The highest BCUT2D eigenvalue weighted by atomic mass is 16.5. The van der Waals surface area contributed by atoms with Crippen LogP contribution < -0.4 is 19.1 Å². The number of anilines is 1. The lowest BCUT2D eigenvalue weighted by atomic mass is 9.69. The number of amides is 1. The van der Waals surface area contributed by atoms with Gasteiger partial charge in [0.2, 0.25) is 11.7 Å². The molecule has 0 radical (unpaired) electrons. The second-order valence-corrected chi connectivity index (χ2v) is 9.58. The number of ketones is 1. The quantitative estimate of drug-likeness (QED) is 0.629. The molecule has 0 bridgehead atoms. The van der Waals surface area contributed by atoms with Crippen molar-refractivity contribution in [1.82, 2.24) is 0 Å². The lowest BCUT2D eigenvalue weighted by Crippen LogP contribution is -2.43. The largest absolute Gasteiger partial charge is 0.493 e. The predicted octanol–water partition coefficient (Wildman–Crippen LogP) is 5.18. The van der Waals surface area contributed by atoms with Crippen LogP contribution in [-0.4, -0.2) is 33.0 Å². The van der Waals surface area contributed by atoms with Gasteiger partial charge in [0.1, 0.15) is 0 Å². The van der Waals surface area contributed by atoms with Crippen molar-refractivity contribution < 1.29 is 23.8 Å². The topological polar surface area (TPSA) is 65.1 Å². The molecule has 174 valence electrons. The molecule has 1 atom stereocenters. The minimum atomic E-state index is -0.369. The molecule has 2 aromatic carbocycles. The van der Waals surface area contributed by atoms with E-state index in [0.29, 0.717) is 35.7 Å². The van der Waals surface area contributed by atoms with Crippen molar-refractivity contribution in [2.24, 2.45) is 5.41 Å². The third kappa shape index (κ3) is 4.10. The zero-order chi connectivity index (χ0) is 23.9. The minimum absolute atomic E-state index is 0.0261. The van der Waals surface area contributed by atoms with Gasteiger partial charge in [0, 0.05) is 35.7 Å². The number of ether oxygens (including phenoxy) is 3. The second kappa shape index (κ2) is 8.58. The molecule has 0 saturated heterocycles.